The molecular formula is C15H14FNO3. The molecule has 0 radical (unpaired) electrons. The van der Waals surface area contributed by atoms with Crippen molar-refractivity contribution in [3.05, 3.63) is 70.0 Å². The molecule has 2 aromatic carbocycles. The average molecular weight is 275 g/mol. The zero-order chi connectivity index (χ0) is 14.4. The fourth-order valence-electron chi connectivity index (χ4n) is 1.86. The highest BCUT2D eigenvalue weighted by atomic mass is 19.1. The summed E-state index contributed by atoms with van der Waals surface area (Å²) in [6.07, 6.45) is 1.52. The first-order valence-electron chi connectivity index (χ1n) is 6.27. The van der Waals surface area contributed by atoms with Crippen LogP contribution in [-0.2, 0) is 6.42 Å². The van der Waals surface area contributed by atoms with Crippen LogP contribution in [0.1, 0.15) is 12.0 Å². The Balaban J connectivity index is 1.91. The van der Waals surface area contributed by atoms with Crippen LogP contribution in [0.25, 0.3) is 0 Å². The first kappa shape index (κ1) is 14.0. The SMILES string of the molecule is O=[N+]([O-])c1ccc(F)cc1OCCCc1ccccc1. The maximum Gasteiger partial charge on any atom is 0.311 e. The number of nitrogens with zero attached hydrogens (tertiary/aromatic N) is 1. The van der Waals surface area contributed by atoms with Gasteiger partial charge >= 0.3 is 5.69 Å². The van der Waals surface area contributed by atoms with Crippen molar-refractivity contribution in [2.45, 2.75) is 12.8 Å². The molecule has 20 heavy (non-hydrogen) atoms. The minimum Gasteiger partial charge on any atom is -0.487 e. The molecule has 0 unspecified atom stereocenters. The van der Waals surface area contributed by atoms with Crippen molar-refractivity contribution in [2.24, 2.45) is 0 Å². The summed E-state index contributed by atoms with van der Waals surface area (Å²) in [6.45, 7) is 0.305. The summed E-state index contributed by atoms with van der Waals surface area (Å²) in [5.41, 5.74) is 0.955. The third kappa shape index (κ3) is 3.78. The van der Waals surface area contributed by atoms with Gasteiger partial charge in [0.1, 0.15) is 5.82 Å². The second-order valence-electron chi connectivity index (χ2n) is 4.31. The Morgan fingerprint density at radius 2 is 1.90 bits per heavy atom. The van der Waals surface area contributed by atoms with E-state index < -0.39 is 10.7 Å². The van der Waals surface area contributed by atoms with Crippen molar-refractivity contribution >= 4 is 5.69 Å². The zero-order valence-corrected chi connectivity index (χ0v) is 10.8. The third-order valence-corrected chi connectivity index (χ3v) is 2.83. The van der Waals surface area contributed by atoms with Crippen molar-refractivity contribution in [1.82, 2.24) is 0 Å². The Hall–Kier alpha value is -2.43. The maximum atomic E-state index is 13.1. The minimum absolute atomic E-state index is 0.0249. The number of aryl methyl sites for hydroxylation is 1. The van der Waals surface area contributed by atoms with Crippen LogP contribution in [0, 0.1) is 15.9 Å². The molecule has 2 rings (SSSR count). The van der Waals surface area contributed by atoms with Gasteiger partial charge in [-0.25, -0.2) is 4.39 Å². The third-order valence-electron chi connectivity index (χ3n) is 2.83. The number of benzene rings is 2. The molecule has 0 saturated heterocycles. The molecule has 0 bridgehead atoms. The number of rotatable bonds is 6. The Bertz CT molecular complexity index is 587. The molecule has 2 aromatic rings. The number of ether oxygens (including phenoxy) is 1. The van der Waals surface area contributed by atoms with Gasteiger partial charge in [0.05, 0.1) is 11.5 Å². The lowest BCUT2D eigenvalue weighted by molar-refractivity contribution is -0.385. The second-order valence-corrected chi connectivity index (χ2v) is 4.31. The highest BCUT2D eigenvalue weighted by Crippen LogP contribution is 2.27. The summed E-state index contributed by atoms with van der Waals surface area (Å²) in [7, 11) is 0. The molecular weight excluding hydrogens is 261 g/mol. The Kier molecular flexibility index (Phi) is 4.65. The number of nitro groups is 1. The highest BCUT2D eigenvalue weighted by Gasteiger charge is 2.15. The van der Waals surface area contributed by atoms with Crippen LogP contribution in [0.2, 0.25) is 0 Å². The van der Waals surface area contributed by atoms with Gasteiger partial charge in [-0.15, -0.1) is 0 Å². The molecule has 0 amide bonds. The van der Waals surface area contributed by atoms with Crippen LogP contribution in [0.3, 0.4) is 0 Å². The fourth-order valence-corrected chi connectivity index (χ4v) is 1.86. The van der Waals surface area contributed by atoms with E-state index in [1.807, 2.05) is 30.3 Å². The van der Waals surface area contributed by atoms with Crippen LogP contribution in [0.15, 0.2) is 48.5 Å². The van der Waals surface area contributed by atoms with Crippen molar-refractivity contribution < 1.29 is 14.1 Å². The maximum absolute atomic E-state index is 13.1. The van der Waals surface area contributed by atoms with E-state index in [-0.39, 0.29) is 11.4 Å². The Morgan fingerprint density at radius 3 is 2.60 bits per heavy atom. The van der Waals surface area contributed by atoms with Crippen LogP contribution in [0.5, 0.6) is 5.75 Å². The summed E-state index contributed by atoms with van der Waals surface area (Å²) in [6, 6.07) is 13.1. The van der Waals surface area contributed by atoms with Gasteiger partial charge in [-0.1, -0.05) is 30.3 Å². The van der Waals surface area contributed by atoms with E-state index in [1.54, 1.807) is 0 Å². The average Bonchev–Trinajstić information content (AvgIpc) is 2.44. The van der Waals surface area contributed by atoms with Crippen LogP contribution in [-0.4, -0.2) is 11.5 Å². The van der Waals surface area contributed by atoms with E-state index in [1.165, 1.54) is 5.56 Å². The van der Waals surface area contributed by atoms with Gasteiger partial charge in [-0.2, -0.15) is 0 Å². The Labute approximate surface area is 116 Å². The molecule has 4 nitrogen and oxygen atoms in total. The standard InChI is InChI=1S/C15H14FNO3/c16-13-8-9-14(17(18)19)15(11-13)20-10-4-7-12-5-2-1-3-6-12/h1-3,5-6,8-9,11H,4,7,10H2. The molecule has 0 aliphatic carbocycles. The van der Waals surface area contributed by atoms with Gasteiger partial charge < -0.3 is 4.74 Å². The van der Waals surface area contributed by atoms with Crippen molar-refractivity contribution in [3.63, 3.8) is 0 Å². The fraction of sp³-hybridized carbons (Fsp3) is 0.200. The second kappa shape index (κ2) is 6.65. The van der Waals surface area contributed by atoms with Crippen molar-refractivity contribution in [1.29, 1.82) is 0 Å². The number of hydrogen-bond acceptors (Lipinski definition) is 3. The summed E-state index contributed by atoms with van der Waals surface area (Å²) >= 11 is 0. The van der Waals surface area contributed by atoms with Gasteiger partial charge in [0.25, 0.3) is 0 Å². The molecule has 0 aliphatic heterocycles. The molecule has 0 heterocycles. The number of hydrogen-bond donors (Lipinski definition) is 0. The largest absolute Gasteiger partial charge is 0.487 e. The van der Waals surface area contributed by atoms with Gasteiger partial charge in [0.2, 0.25) is 0 Å². The van der Waals surface area contributed by atoms with Gasteiger partial charge in [0, 0.05) is 12.1 Å². The molecule has 104 valence electrons. The van der Waals surface area contributed by atoms with Gasteiger partial charge in [0.15, 0.2) is 5.75 Å². The first-order chi connectivity index (χ1) is 9.66. The van der Waals surface area contributed by atoms with Gasteiger partial charge in [-0.05, 0) is 24.5 Å². The topological polar surface area (TPSA) is 52.4 Å². The predicted octanol–water partition coefficient (Wildman–Crippen LogP) is 3.75. The summed E-state index contributed by atoms with van der Waals surface area (Å²) in [5, 5.41) is 10.8. The van der Waals surface area contributed by atoms with E-state index in [0.29, 0.717) is 13.0 Å². The van der Waals surface area contributed by atoms with Crippen LogP contribution >= 0.6 is 0 Å². The van der Waals surface area contributed by atoms with E-state index >= 15 is 0 Å². The lowest BCUT2D eigenvalue weighted by atomic mass is 10.1. The summed E-state index contributed by atoms with van der Waals surface area (Å²) in [4.78, 5) is 10.2. The lowest BCUT2D eigenvalue weighted by Crippen LogP contribution is -2.02. The zero-order valence-electron chi connectivity index (χ0n) is 10.8. The highest BCUT2D eigenvalue weighted by molar-refractivity contribution is 5.46. The molecule has 0 fully saturated rings. The summed E-state index contributed by atoms with van der Waals surface area (Å²) < 4.78 is 18.4. The predicted molar refractivity (Wildman–Crippen MR) is 73.3 cm³/mol. The molecule has 0 N–H and O–H groups in total. The van der Waals surface area contributed by atoms with E-state index in [0.717, 1.165) is 24.6 Å². The summed E-state index contributed by atoms with van der Waals surface area (Å²) in [5.74, 6) is -0.572. The molecule has 0 aromatic heterocycles. The smallest absolute Gasteiger partial charge is 0.311 e. The van der Waals surface area contributed by atoms with Crippen LogP contribution in [0.4, 0.5) is 10.1 Å². The van der Waals surface area contributed by atoms with Crippen molar-refractivity contribution in [2.75, 3.05) is 6.61 Å². The number of halogens is 1. The van der Waals surface area contributed by atoms with Crippen LogP contribution < -0.4 is 4.74 Å². The van der Waals surface area contributed by atoms with Crippen molar-refractivity contribution in [3.8, 4) is 5.75 Å². The monoisotopic (exact) mass is 275 g/mol. The normalized spacial score (nSPS) is 10.2. The number of nitro benzene ring substituents is 1. The first-order valence-corrected chi connectivity index (χ1v) is 6.27. The lowest BCUT2D eigenvalue weighted by Gasteiger charge is -2.07. The van der Waals surface area contributed by atoms with E-state index in [9.17, 15) is 14.5 Å². The Morgan fingerprint density at radius 1 is 1.15 bits per heavy atom. The van der Waals surface area contributed by atoms with E-state index in [2.05, 4.69) is 0 Å². The quantitative estimate of drug-likeness (QED) is 0.458. The van der Waals surface area contributed by atoms with Gasteiger partial charge in [-0.3, -0.25) is 10.1 Å². The minimum atomic E-state index is -0.577. The molecule has 0 aliphatic rings. The molecule has 5 heteroatoms. The molecule has 0 saturated carbocycles. The molecule has 0 atom stereocenters. The van der Waals surface area contributed by atoms with E-state index in [4.69, 9.17) is 4.74 Å². The molecule has 0 spiro atoms.